The van der Waals surface area contributed by atoms with E-state index in [0.29, 0.717) is 24.6 Å². The first-order chi connectivity index (χ1) is 12.8. The Balaban J connectivity index is 1.45. The van der Waals surface area contributed by atoms with Gasteiger partial charge in [0.05, 0.1) is 6.33 Å². The first-order valence-corrected chi connectivity index (χ1v) is 9.89. The third kappa shape index (κ3) is 5.54. The first kappa shape index (κ1) is 20.3. The molecular formula is C19H29F3N4O. The average Bonchev–Trinajstić information content (AvgIpc) is 2.63. The Morgan fingerprint density at radius 2 is 1.89 bits per heavy atom. The number of halogens is 3. The minimum absolute atomic E-state index is 0.315. The van der Waals surface area contributed by atoms with E-state index in [1.807, 2.05) is 0 Å². The Hall–Kier alpha value is -1.41. The van der Waals surface area contributed by atoms with Crippen LogP contribution in [0.1, 0.15) is 44.2 Å². The quantitative estimate of drug-likeness (QED) is 0.780. The van der Waals surface area contributed by atoms with Crippen LogP contribution in [0.2, 0.25) is 0 Å². The van der Waals surface area contributed by atoms with Gasteiger partial charge in [-0.05, 0) is 71.2 Å². The fourth-order valence-corrected chi connectivity index (χ4v) is 4.23. The molecule has 3 heterocycles. The van der Waals surface area contributed by atoms with Gasteiger partial charge in [-0.1, -0.05) is 6.42 Å². The molecule has 1 atom stereocenters. The van der Waals surface area contributed by atoms with Crippen LogP contribution >= 0.6 is 0 Å². The Morgan fingerprint density at radius 1 is 1.15 bits per heavy atom. The SMILES string of the molecule is CN1CCCCC1CCN1CCC(Cn2cnc(C(F)(F)F)cc2=O)CC1. The molecule has 0 amide bonds. The zero-order valence-corrected chi connectivity index (χ0v) is 15.9. The molecule has 1 aromatic rings. The van der Waals surface area contributed by atoms with Crippen molar-refractivity contribution in [2.75, 3.05) is 33.2 Å². The molecule has 3 rings (SSSR count). The van der Waals surface area contributed by atoms with Crippen molar-refractivity contribution in [1.82, 2.24) is 19.4 Å². The van der Waals surface area contributed by atoms with E-state index < -0.39 is 17.4 Å². The summed E-state index contributed by atoms with van der Waals surface area (Å²) in [5.74, 6) is 0.315. The summed E-state index contributed by atoms with van der Waals surface area (Å²) >= 11 is 0. The largest absolute Gasteiger partial charge is 0.433 e. The van der Waals surface area contributed by atoms with Gasteiger partial charge in [-0.25, -0.2) is 4.98 Å². The lowest BCUT2D eigenvalue weighted by molar-refractivity contribution is -0.141. The number of alkyl halides is 3. The van der Waals surface area contributed by atoms with Gasteiger partial charge in [0.25, 0.3) is 5.56 Å². The number of piperidine rings is 2. The summed E-state index contributed by atoms with van der Waals surface area (Å²) in [5.41, 5.74) is -1.74. The molecule has 2 saturated heterocycles. The number of hydrogen-bond acceptors (Lipinski definition) is 4. The van der Waals surface area contributed by atoms with E-state index in [9.17, 15) is 18.0 Å². The first-order valence-electron chi connectivity index (χ1n) is 9.89. The van der Waals surface area contributed by atoms with Gasteiger partial charge in [0.1, 0.15) is 0 Å². The molecule has 2 aliphatic heterocycles. The summed E-state index contributed by atoms with van der Waals surface area (Å²) in [6.45, 7) is 4.73. The van der Waals surface area contributed by atoms with Crippen molar-refractivity contribution in [2.24, 2.45) is 5.92 Å². The molecule has 1 unspecified atom stereocenters. The molecular weight excluding hydrogens is 357 g/mol. The standard InChI is InChI=1S/C19H29F3N4O/c1-24-8-3-2-4-16(24)7-11-25-9-5-15(6-10-25)13-26-14-23-17(12-18(26)27)19(20,21)22/h12,14-16H,2-11,13H2,1H3. The summed E-state index contributed by atoms with van der Waals surface area (Å²) in [7, 11) is 2.21. The normalized spacial score (nSPS) is 23.6. The van der Waals surface area contributed by atoms with Crippen LogP contribution in [-0.4, -0.2) is 58.6 Å². The molecule has 27 heavy (non-hydrogen) atoms. The van der Waals surface area contributed by atoms with E-state index in [-0.39, 0.29) is 0 Å². The predicted octanol–water partition coefficient (Wildman–Crippen LogP) is 2.85. The molecule has 0 bridgehead atoms. The van der Waals surface area contributed by atoms with Gasteiger partial charge in [0, 0.05) is 18.7 Å². The van der Waals surface area contributed by atoms with Crippen LogP contribution in [0.15, 0.2) is 17.2 Å². The van der Waals surface area contributed by atoms with Crippen molar-refractivity contribution >= 4 is 0 Å². The molecule has 0 spiro atoms. The highest BCUT2D eigenvalue weighted by molar-refractivity contribution is 5.03. The van der Waals surface area contributed by atoms with Crippen molar-refractivity contribution in [1.29, 1.82) is 0 Å². The average molecular weight is 386 g/mol. The monoisotopic (exact) mass is 386 g/mol. The van der Waals surface area contributed by atoms with Gasteiger partial charge in [0.2, 0.25) is 0 Å². The fraction of sp³-hybridized carbons (Fsp3) is 0.789. The Bertz CT molecular complexity index is 668. The predicted molar refractivity (Wildman–Crippen MR) is 97.5 cm³/mol. The second-order valence-electron chi connectivity index (χ2n) is 7.97. The van der Waals surface area contributed by atoms with Gasteiger partial charge in [-0.3, -0.25) is 9.36 Å². The molecule has 2 fully saturated rings. The summed E-state index contributed by atoms with van der Waals surface area (Å²) in [6, 6.07) is 1.28. The third-order valence-electron chi connectivity index (χ3n) is 6.03. The lowest BCUT2D eigenvalue weighted by atomic mass is 9.95. The summed E-state index contributed by atoms with van der Waals surface area (Å²) in [6.07, 6.45) is 3.51. The summed E-state index contributed by atoms with van der Waals surface area (Å²) in [5, 5.41) is 0. The Labute approximate surface area is 158 Å². The molecule has 5 nitrogen and oxygen atoms in total. The summed E-state index contributed by atoms with van der Waals surface area (Å²) in [4.78, 5) is 20.3. The topological polar surface area (TPSA) is 41.4 Å². The van der Waals surface area contributed by atoms with Crippen LogP contribution in [0.3, 0.4) is 0 Å². The second-order valence-corrected chi connectivity index (χ2v) is 7.97. The highest BCUT2D eigenvalue weighted by Gasteiger charge is 2.33. The smallest absolute Gasteiger partial charge is 0.303 e. The van der Waals surface area contributed by atoms with Crippen LogP contribution in [0.25, 0.3) is 0 Å². The van der Waals surface area contributed by atoms with Gasteiger partial charge >= 0.3 is 6.18 Å². The summed E-state index contributed by atoms with van der Waals surface area (Å²) < 4.78 is 39.2. The maximum atomic E-state index is 12.6. The van der Waals surface area contributed by atoms with Gasteiger partial charge < -0.3 is 9.80 Å². The van der Waals surface area contributed by atoms with Crippen molar-refractivity contribution in [3.63, 3.8) is 0 Å². The zero-order chi connectivity index (χ0) is 19.4. The fourth-order valence-electron chi connectivity index (χ4n) is 4.23. The zero-order valence-electron chi connectivity index (χ0n) is 15.9. The molecule has 0 aromatic carbocycles. The highest BCUT2D eigenvalue weighted by atomic mass is 19.4. The molecule has 0 saturated carbocycles. The molecule has 2 aliphatic rings. The van der Waals surface area contributed by atoms with E-state index in [1.165, 1.54) is 36.8 Å². The Kier molecular flexibility index (Phi) is 6.57. The number of rotatable bonds is 5. The van der Waals surface area contributed by atoms with Crippen LogP contribution < -0.4 is 5.56 Å². The molecule has 1 aromatic heterocycles. The van der Waals surface area contributed by atoms with Crippen LogP contribution in [-0.2, 0) is 12.7 Å². The van der Waals surface area contributed by atoms with Gasteiger partial charge in [0.15, 0.2) is 5.69 Å². The molecule has 0 N–H and O–H groups in total. The number of nitrogens with zero attached hydrogens (tertiary/aromatic N) is 4. The minimum atomic E-state index is -4.57. The van der Waals surface area contributed by atoms with E-state index in [0.717, 1.165) is 38.8 Å². The van der Waals surface area contributed by atoms with E-state index in [4.69, 9.17) is 0 Å². The minimum Gasteiger partial charge on any atom is -0.303 e. The number of aromatic nitrogens is 2. The second kappa shape index (κ2) is 8.73. The van der Waals surface area contributed by atoms with Crippen molar-refractivity contribution < 1.29 is 13.2 Å². The van der Waals surface area contributed by atoms with E-state index >= 15 is 0 Å². The van der Waals surface area contributed by atoms with Crippen molar-refractivity contribution in [3.8, 4) is 0 Å². The van der Waals surface area contributed by atoms with E-state index in [1.54, 1.807) is 0 Å². The lowest BCUT2D eigenvalue weighted by Gasteiger charge is -2.36. The van der Waals surface area contributed by atoms with Gasteiger partial charge in [-0.15, -0.1) is 0 Å². The third-order valence-corrected chi connectivity index (χ3v) is 6.03. The lowest BCUT2D eigenvalue weighted by Crippen LogP contribution is -2.41. The maximum Gasteiger partial charge on any atom is 0.433 e. The van der Waals surface area contributed by atoms with Crippen LogP contribution in [0, 0.1) is 5.92 Å². The maximum absolute atomic E-state index is 12.6. The molecule has 152 valence electrons. The number of likely N-dealkylation sites (tertiary alicyclic amines) is 2. The highest BCUT2D eigenvalue weighted by Crippen LogP contribution is 2.26. The van der Waals surface area contributed by atoms with E-state index in [2.05, 4.69) is 21.8 Å². The molecule has 0 radical (unpaired) electrons. The van der Waals surface area contributed by atoms with Crippen LogP contribution in [0.5, 0.6) is 0 Å². The Morgan fingerprint density at radius 3 is 2.52 bits per heavy atom. The number of hydrogen-bond donors (Lipinski definition) is 0. The van der Waals surface area contributed by atoms with Gasteiger partial charge in [-0.2, -0.15) is 13.2 Å². The van der Waals surface area contributed by atoms with Crippen molar-refractivity contribution in [3.05, 3.63) is 28.4 Å². The molecule has 0 aliphatic carbocycles. The molecule has 8 heteroatoms. The van der Waals surface area contributed by atoms with Crippen LogP contribution in [0.4, 0.5) is 13.2 Å². The van der Waals surface area contributed by atoms with Crippen molar-refractivity contribution in [2.45, 2.75) is 57.3 Å².